The Hall–Kier alpha value is -1.62. The maximum absolute atomic E-state index is 4.75. The molecule has 1 fully saturated rings. The van der Waals surface area contributed by atoms with Gasteiger partial charge in [-0.1, -0.05) is 6.07 Å². The van der Waals surface area contributed by atoms with Crippen LogP contribution in [-0.4, -0.2) is 23.1 Å². The minimum atomic E-state index is 0.356. The molecule has 2 aromatic heterocycles. The molecule has 0 aliphatic heterocycles. The third-order valence-electron chi connectivity index (χ3n) is 3.81. The van der Waals surface area contributed by atoms with Gasteiger partial charge >= 0.3 is 0 Å². The molecule has 1 unspecified atom stereocenters. The quantitative estimate of drug-likeness (QED) is 0.852. The molecule has 1 saturated carbocycles. The average molecular weight is 302 g/mol. The summed E-state index contributed by atoms with van der Waals surface area (Å²) in [5, 5.41) is 8.88. The van der Waals surface area contributed by atoms with Crippen molar-refractivity contribution in [2.75, 3.05) is 17.7 Å². The number of hydrogen-bond acceptors (Lipinski definition) is 5. The second-order valence-electron chi connectivity index (χ2n) is 5.76. The monoisotopic (exact) mass is 302 g/mol. The smallest absolute Gasteiger partial charge is 0.136 e. The lowest BCUT2D eigenvalue weighted by Gasteiger charge is -2.18. The van der Waals surface area contributed by atoms with Gasteiger partial charge in [-0.3, -0.25) is 0 Å². The molecular formula is C16H22N4S. The van der Waals surface area contributed by atoms with Crippen molar-refractivity contribution < 1.29 is 0 Å². The van der Waals surface area contributed by atoms with E-state index in [9.17, 15) is 0 Å². The molecule has 112 valence electrons. The van der Waals surface area contributed by atoms with E-state index < -0.39 is 0 Å². The largest absolute Gasteiger partial charge is 0.373 e. The Morgan fingerprint density at radius 1 is 1.33 bits per heavy atom. The molecule has 0 spiro atoms. The summed E-state index contributed by atoms with van der Waals surface area (Å²) in [5.41, 5.74) is 1.10. The van der Waals surface area contributed by atoms with E-state index >= 15 is 0 Å². The Labute approximate surface area is 130 Å². The van der Waals surface area contributed by atoms with E-state index in [4.69, 9.17) is 4.98 Å². The average Bonchev–Trinajstić information content (AvgIpc) is 3.20. The van der Waals surface area contributed by atoms with Crippen LogP contribution >= 0.6 is 11.3 Å². The molecule has 1 atom stereocenters. The Balaban J connectivity index is 1.78. The molecule has 1 aliphatic rings. The van der Waals surface area contributed by atoms with Crippen LogP contribution in [-0.2, 0) is 6.42 Å². The topological polar surface area (TPSA) is 49.8 Å². The highest BCUT2D eigenvalue weighted by Crippen LogP contribution is 2.39. The second-order valence-corrected chi connectivity index (χ2v) is 6.79. The first kappa shape index (κ1) is 14.3. The molecule has 0 saturated heterocycles. The lowest BCUT2D eigenvalue weighted by atomic mass is 10.2. The summed E-state index contributed by atoms with van der Waals surface area (Å²) in [5.74, 6) is 3.46. The molecular weight excluding hydrogens is 280 g/mol. The summed E-state index contributed by atoms with van der Waals surface area (Å²) in [6.07, 6.45) is 3.46. The molecule has 2 aromatic rings. The Morgan fingerprint density at radius 3 is 2.71 bits per heavy atom. The zero-order valence-corrected chi connectivity index (χ0v) is 13.6. The lowest BCUT2D eigenvalue weighted by molar-refractivity contribution is 0.785. The zero-order valence-electron chi connectivity index (χ0n) is 12.8. The minimum absolute atomic E-state index is 0.356. The van der Waals surface area contributed by atoms with Crippen LogP contribution in [0.3, 0.4) is 0 Å². The van der Waals surface area contributed by atoms with E-state index in [2.05, 4.69) is 47.0 Å². The van der Waals surface area contributed by atoms with Gasteiger partial charge in [0.1, 0.15) is 17.5 Å². The van der Waals surface area contributed by atoms with Crippen LogP contribution in [0.4, 0.5) is 11.6 Å². The normalized spacial score (nSPS) is 15.8. The van der Waals surface area contributed by atoms with Gasteiger partial charge in [0.25, 0.3) is 0 Å². The number of thiophene rings is 1. The molecule has 21 heavy (non-hydrogen) atoms. The minimum Gasteiger partial charge on any atom is -0.373 e. The van der Waals surface area contributed by atoms with Crippen LogP contribution in [0.5, 0.6) is 0 Å². The molecule has 2 N–H and O–H groups in total. The predicted octanol–water partition coefficient (Wildman–Crippen LogP) is 3.81. The van der Waals surface area contributed by atoms with Crippen molar-refractivity contribution in [1.29, 1.82) is 0 Å². The Kier molecular flexibility index (Phi) is 4.10. The fourth-order valence-corrected chi connectivity index (χ4v) is 3.29. The summed E-state index contributed by atoms with van der Waals surface area (Å²) in [6.45, 7) is 4.28. The third-order valence-corrected chi connectivity index (χ3v) is 4.71. The number of hydrogen-bond donors (Lipinski definition) is 2. The number of nitrogens with zero attached hydrogens (tertiary/aromatic N) is 2. The van der Waals surface area contributed by atoms with Crippen molar-refractivity contribution >= 4 is 23.0 Å². The third kappa shape index (κ3) is 3.35. The van der Waals surface area contributed by atoms with E-state index in [0.29, 0.717) is 12.0 Å². The maximum atomic E-state index is 4.75. The molecule has 0 amide bonds. The highest BCUT2D eigenvalue weighted by atomic mass is 32.1. The van der Waals surface area contributed by atoms with Crippen LogP contribution in [0.1, 0.15) is 41.9 Å². The fourth-order valence-electron chi connectivity index (χ4n) is 2.46. The number of rotatable bonds is 6. The Morgan fingerprint density at radius 2 is 2.10 bits per heavy atom. The highest BCUT2D eigenvalue weighted by molar-refractivity contribution is 7.09. The zero-order chi connectivity index (χ0) is 14.8. The van der Waals surface area contributed by atoms with Crippen molar-refractivity contribution in [2.45, 2.75) is 45.1 Å². The molecule has 2 heterocycles. The van der Waals surface area contributed by atoms with Crippen molar-refractivity contribution in [3.05, 3.63) is 33.8 Å². The molecule has 3 rings (SSSR count). The first-order valence-electron chi connectivity index (χ1n) is 7.52. The summed E-state index contributed by atoms with van der Waals surface area (Å²) < 4.78 is 0. The molecule has 0 aromatic carbocycles. The summed E-state index contributed by atoms with van der Waals surface area (Å²) >= 11 is 1.81. The van der Waals surface area contributed by atoms with Gasteiger partial charge in [-0.2, -0.15) is 0 Å². The van der Waals surface area contributed by atoms with Gasteiger partial charge in [-0.05, 0) is 38.1 Å². The molecule has 1 aliphatic carbocycles. The van der Waals surface area contributed by atoms with E-state index in [1.54, 1.807) is 11.3 Å². The van der Waals surface area contributed by atoms with E-state index in [0.717, 1.165) is 29.4 Å². The van der Waals surface area contributed by atoms with Crippen molar-refractivity contribution in [2.24, 2.45) is 0 Å². The van der Waals surface area contributed by atoms with Gasteiger partial charge in [0, 0.05) is 35.9 Å². The number of nitrogens with one attached hydrogen (secondary N) is 2. The van der Waals surface area contributed by atoms with Gasteiger partial charge < -0.3 is 10.6 Å². The fraction of sp³-hybridized carbons (Fsp3) is 0.500. The second kappa shape index (κ2) is 6.02. The first-order chi connectivity index (χ1) is 10.2. The van der Waals surface area contributed by atoms with Gasteiger partial charge in [-0.25, -0.2) is 9.97 Å². The SMILES string of the molecule is CNc1nc(C2CC2)nc(NC(C)Cc2cccs2)c1C. The van der Waals surface area contributed by atoms with Crippen molar-refractivity contribution in [1.82, 2.24) is 9.97 Å². The van der Waals surface area contributed by atoms with Crippen molar-refractivity contribution in [3.8, 4) is 0 Å². The number of anilines is 2. The van der Waals surface area contributed by atoms with Gasteiger partial charge in [0.05, 0.1) is 0 Å². The van der Waals surface area contributed by atoms with Gasteiger partial charge in [0.15, 0.2) is 0 Å². The van der Waals surface area contributed by atoms with Gasteiger partial charge in [0.2, 0.25) is 0 Å². The summed E-state index contributed by atoms with van der Waals surface area (Å²) in [7, 11) is 1.92. The maximum Gasteiger partial charge on any atom is 0.136 e. The van der Waals surface area contributed by atoms with Crippen LogP contribution in [0.15, 0.2) is 17.5 Å². The Bertz CT molecular complexity index is 605. The molecule has 0 bridgehead atoms. The van der Waals surface area contributed by atoms with E-state index in [-0.39, 0.29) is 0 Å². The van der Waals surface area contributed by atoms with Crippen molar-refractivity contribution in [3.63, 3.8) is 0 Å². The van der Waals surface area contributed by atoms with Crippen LogP contribution in [0.2, 0.25) is 0 Å². The van der Waals surface area contributed by atoms with E-state index in [1.165, 1.54) is 17.7 Å². The molecule has 5 heteroatoms. The van der Waals surface area contributed by atoms with Gasteiger partial charge in [-0.15, -0.1) is 11.3 Å². The summed E-state index contributed by atoms with van der Waals surface area (Å²) in [4.78, 5) is 10.8. The van der Waals surface area contributed by atoms with Crippen LogP contribution in [0.25, 0.3) is 0 Å². The first-order valence-corrected chi connectivity index (χ1v) is 8.40. The van der Waals surface area contributed by atoms with Crippen LogP contribution < -0.4 is 10.6 Å². The van der Waals surface area contributed by atoms with Crippen LogP contribution in [0, 0.1) is 6.92 Å². The summed E-state index contributed by atoms with van der Waals surface area (Å²) in [6, 6.07) is 4.64. The molecule has 4 nitrogen and oxygen atoms in total. The molecule has 0 radical (unpaired) electrons. The number of aromatic nitrogens is 2. The predicted molar refractivity (Wildman–Crippen MR) is 89.4 cm³/mol. The highest BCUT2D eigenvalue weighted by Gasteiger charge is 2.28. The van der Waals surface area contributed by atoms with E-state index in [1.807, 2.05) is 7.05 Å². The standard InChI is InChI=1S/C16H22N4S/c1-10(9-13-5-4-8-21-13)18-15-11(2)14(17-3)19-16(20-15)12-6-7-12/h4-5,8,10,12H,6-7,9H2,1-3H3,(H2,17,18,19,20). The lowest BCUT2D eigenvalue weighted by Crippen LogP contribution is -2.20.